The Balaban J connectivity index is 1.71. The Morgan fingerprint density at radius 2 is 1.88 bits per heavy atom. The number of para-hydroxylation sites is 1. The Morgan fingerprint density at radius 1 is 1.08 bits per heavy atom. The minimum absolute atomic E-state index is 0.0957. The van der Waals surface area contributed by atoms with Gasteiger partial charge < -0.3 is 10.3 Å². The number of hydrogen-bond donors (Lipinski definition) is 2. The zero-order chi connectivity index (χ0) is 17.1. The van der Waals surface area contributed by atoms with Crippen molar-refractivity contribution in [3.05, 3.63) is 81.1 Å². The van der Waals surface area contributed by atoms with Crippen LogP contribution in [0.1, 0.15) is 27.0 Å². The molecule has 1 aromatic heterocycles. The summed E-state index contributed by atoms with van der Waals surface area (Å²) in [5, 5.41) is 3.88. The average molecular weight is 320 g/mol. The van der Waals surface area contributed by atoms with E-state index in [1.165, 1.54) is 0 Å². The number of aromatic nitrogens is 1. The lowest BCUT2D eigenvalue weighted by Gasteiger charge is -2.07. The molecule has 0 bridgehead atoms. The molecule has 24 heavy (non-hydrogen) atoms. The molecule has 0 aliphatic heterocycles. The molecule has 3 rings (SSSR count). The van der Waals surface area contributed by atoms with Gasteiger partial charge >= 0.3 is 0 Å². The molecule has 0 unspecified atom stereocenters. The fraction of sp³-hybridized carbons (Fsp3) is 0.200. The largest absolute Gasteiger partial charge is 0.352 e. The van der Waals surface area contributed by atoms with Crippen LogP contribution in [0.25, 0.3) is 10.9 Å². The van der Waals surface area contributed by atoms with Crippen LogP contribution in [0, 0.1) is 13.8 Å². The van der Waals surface area contributed by atoms with Crippen LogP contribution in [0.4, 0.5) is 0 Å². The van der Waals surface area contributed by atoms with E-state index in [9.17, 15) is 9.59 Å². The summed E-state index contributed by atoms with van der Waals surface area (Å²) in [5.74, 6) is -0.119. The number of aromatic amines is 1. The van der Waals surface area contributed by atoms with Gasteiger partial charge in [0.2, 0.25) is 0 Å². The molecular weight excluding hydrogens is 300 g/mol. The number of pyridine rings is 1. The minimum Gasteiger partial charge on any atom is -0.352 e. The second-order valence-electron chi connectivity index (χ2n) is 6.04. The highest BCUT2D eigenvalue weighted by atomic mass is 16.1. The van der Waals surface area contributed by atoms with Crippen molar-refractivity contribution in [1.82, 2.24) is 10.3 Å². The fourth-order valence-corrected chi connectivity index (χ4v) is 2.81. The van der Waals surface area contributed by atoms with Crippen molar-refractivity contribution >= 4 is 16.8 Å². The molecule has 122 valence electrons. The van der Waals surface area contributed by atoms with E-state index in [4.69, 9.17) is 0 Å². The summed E-state index contributed by atoms with van der Waals surface area (Å²) in [6.45, 7) is 4.35. The zero-order valence-electron chi connectivity index (χ0n) is 13.8. The second kappa shape index (κ2) is 6.71. The molecular formula is C20H20N2O2. The van der Waals surface area contributed by atoms with Gasteiger partial charge in [0.15, 0.2) is 0 Å². The summed E-state index contributed by atoms with van der Waals surface area (Å²) in [5.41, 5.74) is 4.18. The third-order valence-corrected chi connectivity index (χ3v) is 4.13. The standard InChI is InChI=1S/C20H20N2O2/c1-13-5-3-8-16(11-13)19(23)21-10-9-17-12-15-7-4-6-14(2)18(15)22-20(17)24/h3-8,11-12H,9-10H2,1-2H3,(H,21,23)(H,22,24). The number of hydrogen-bond acceptors (Lipinski definition) is 2. The number of carbonyl (C=O) groups is 1. The summed E-state index contributed by atoms with van der Waals surface area (Å²) >= 11 is 0. The molecule has 2 aromatic carbocycles. The van der Waals surface area contributed by atoms with Crippen molar-refractivity contribution in [2.75, 3.05) is 6.54 Å². The fourth-order valence-electron chi connectivity index (χ4n) is 2.81. The molecule has 0 spiro atoms. The highest BCUT2D eigenvalue weighted by Crippen LogP contribution is 2.15. The molecule has 1 heterocycles. The van der Waals surface area contributed by atoms with E-state index in [0.717, 1.165) is 22.0 Å². The first kappa shape index (κ1) is 16.0. The SMILES string of the molecule is Cc1cccc(C(=O)NCCc2cc3cccc(C)c3[nH]c2=O)c1. The highest BCUT2D eigenvalue weighted by Gasteiger charge is 2.07. The number of aryl methyl sites for hydroxylation is 2. The van der Waals surface area contributed by atoms with E-state index in [0.29, 0.717) is 24.1 Å². The van der Waals surface area contributed by atoms with Gasteiger partial charge in [-0.15, -0.1) is 0 Å². The maximum Gasteiger partial charge on any atom is 0.251 e. The first-order chi connectivity index (χ1) is 11.5. The molecule has 0 aliphatic rings. The molecule has 4 nitrogen and oxygen atoms in total. The van der Waals surface area contributed by atoms with Crippen LogP contribution in [0.2, 0.25) is 0 Å². The Hall–Kier alpha value is -2.88. The number of benzene rings is 2. The number of H-pyrrole nitrogens is 1. The van der Waals surface area contributed by atoms with Crippen LogP contribution in [-0.2, 0) is 6.42 Å². The second-order valence-corrected chi connectivity index (χ2v) is 6.04. The smallest absolute Gasteiger partial charge is 0.251 e. The van der Waals surface area contributed by atoms with E-state index < -0.39 is 0 Å². The molecule has 4 heteroatoms. The quantitative estimate of drug-likeness (QED) is 0.776. The number of amides is 1. The van der Waals surface area contributed by atoms with Crippen molar-refractivity contribution in [3.63, 3.8) is 0 Å². The van der Waals surface area contributed by atoms with E-state index >= 15 is 0 Å². The zero-order valence-corrected chi connectivity index (χ0v) is 13.8. The number of nitrogens with one attached hydrogen (secondary N) is 2. The van der Waals surface area contributed by atoms with Gasteiger partial charge in [-0.1, -0.05) is 35.9 Å². The lowest BCUT2D eigenvalue weighted by molar-refractivity contribution is 0.0954. The van der Waals surface area contributed by atoms with Crippen molar-refractivity contribution in [1.29, 1.82) is 0 Å². The van der Waals surface area contributed by atoms with Gasteiger partial charge in [-0.2, -0.15) is 0 Å². The molecule has 3 aromatic rings. The van der Waals surface area contributed by atoms with Crippen molar-refractivity contribution in [2.45, 2.75) is 20.3 Å². The molecule has 0 atom stereocenters. The van der Waals surface area contributed by atoms with E-state index in [2.05, 4.69) is 10.3 Å². The van der Waals surface area contributed by atoms with Crippen LogP contribution in [0.5, 0.6) is 0 Å². The van der Waals surface area contributed by atoms with Crippen molar-refractivity contribution < 1.29 is 4.79 Å². The van der Waals surface area contributed by atoms with E-state index in [-0.39, 0.29) is 11.5 Å². The lowest BCUT2D eigenvalue weighted by Crippen LogP contribution is -2.27. The van der Waals surface area contributed by atoms with Gasteiger partial charge in [0.05, 0.1) is 5.52 Å². The Bertz CT molecular complexity index is 957. The number of carbonyl (C=O) groups excluding carboxylic acids is 1. The summed E-state index contributed by atoms with van der Waals surface area (Å²) in [6.07, 6.45) is 0.497. The van der Waals surface area contributed by atoms with Crippen LogP contribution in [0.3, 0.4) is 0 Å². The van der Waals surface area contributed by atoms with Gasteiger partial charge in [0, 0.05) is 17.7 Å². The lowest BCUT2D eigenvalue weighted by atomic mass is 10.1. The molecule has 0 radical (unpaired) electrons. The first-order valence-corrected chi connectivity index (χ1v) is 8.01. The van der Waals surface area contributed by atoms with Crippen LogP contribution < -0.4 is 10.9 Å². The predicted octanol–water partition coefficient (Wildman–Crippen LogP) is 3.12. The van der Waals surface area contributed by atoms with Crippen molar-refractivity contribution in [2.24, 2.45) is 0 Å². The topological polar surface area (TPSA) is 62.0 Å². The van der Waals surface area contributed by atoms with Gasteiger partial charge in [0.25, 0.3) is 11.5 Å². The Kier molecular flexibility index (Phi) is 4.47. The summed E-state index contributed by atoms with van der Waals surface area (Å²) in [4.78, 5) is 27.3. The molecule has 1 amide bonds. The third-order valence-electron chi connectivity index (χ3n) is 4.13. The van der Waals surface area contributed by atoms with Gasteiger partial charge in [-0.05, 0) is 49.4 Å². The molecule has 0 fully saturated rings. The Morgan fingerprint density at radius 3 is 2.67 bits per heavy atom. The Labute approximate surface area is 140 Å². The van der Waals surface area contributed by atoms with Gasteiger partial charge in [-0.3, -0.25) is 9.59 Å². The van der Waals surface area contributed by atoms with Crippen molar-refractivity contribution in [3.8, 4) is 0 Å². The average Bonchev–Trinajstić information content (AvgIpc) is 2.56. The predicted molar refractivity (Wildman–Crippen MR) is 96.5 cm³/mol. The molecule has 2 N–H and O–H groups in total. The van der Waals surface area contributed by atoms with Gasteiger partial charge in [0.1, 0.15) is 0 Å². The number of rotatable bonds is 4. The normalized spacial score (nSPS) is 10.8. The summed E-state index contributed by atoms with van der Waals surface area (Å²) < 4.78 is 0. The molecule has 0 aliphatic carbocycles. The van der Waals surface area contributed by atoms with E-state index in [1.807, 2.05) is 56.3 Å². The molecule has 0 saturated carbocycles. The highest BCUT2D eigenvalue weighted by molar-refractivity contribution is 5.94. The summed E-state index contributed by atoms with van der Waals surface area (Å²) in [6, 6.07) is 15.3. The third kappa shape index (κ3) is 3.38. The summed E-state index contributed by atoms with van der Waals surface area (Å²) in [7, 11) is 0. The minimum atomic E-state index is -0.119. The van der Waals surface area contributed by atoms with Gasteiger partial charge in [-0.25, -0.2) is 0 Å². The van der Waals surface area contributed by atoms with Crippen LogP contribution in [0.15, 0.2) is 53.3 Å². The molecule has 0 saturated heterocycles. The van der Waals surface area contributed by atoms with Crippen LogP contribution >= 0.6 is 0 Å². The maximum absolute atomic E-state index is 12.2. The van der Waals surface area contributed by atoms with E-state index in [1.54, 1.807) is 6.07 Å². The number of fused-ring (bicyclic) bond motifs is 1. The maximum atomic E-state index is 12.2. The van der Waals surface area contributed by atoms with Crippen LogP contribution in [-0.4, -0.2) is 17.4 Å². The first-order valence-electron chi connectivity index (χ1n) is 8.01. The monoisotopic (exact) mass is 320 g/mol.